The van der Waals surface area contributed by atoms with Gasteiger partial charge in [0.1, 0.15) is 5.82 Å². The third kappa shape index (κ3) is 1.38. The molecule has 4 nitrogen and oxygen atoms in total. The quantitative estimate of drug-likeness (QED) is 0.836. The molecule has 98 valence electrons. The van der Waals surface area contributed by atoms with Gasteiger partial charge in [0.2, 0.25) is 0 Å². The van der Waals surface area contributed by atoms with Crippen molar-refractivity contribution >= 4 is 5.82 Å². The van der Waals surface area contributed by atoms with Crippen molar-refractivity contribution in [2.24, 2.45) is 23.5 Å². The van der Waals surface area contributed by atoms with E-state index in [2.05, 4.69) is 9.78 Å². The average Bonchev–Trinajstić information content (AvgIpc) is 2.69. The summed E-state index contributed by atoms with van der Waals surface area (Å²) in [4.78, 5) is 0. The van der Waals surface area contributed by atoms with E-state index in [1.54, 1.807) is 0 Å². The molecule has 1 heterocycles. The highest BCUT2D eigenvalue weighted by Gasteiger charge is 2.52. The van der Waals surface area contributed by atoms with Gasteiger partial charge in [-0.25, -0.2) is 0 Å². The first-order chi connectivity index (χ1) is 8.68. The Balaban J connectivity index is 1.78. The van der Waals surface area contributed by atoms with Crippen molar-refractivity contribution in [1.82, 2.24) is 9.78 Å². The maximum absolute atomic E-state index is 5.89. The monoisotopic (exact) mass is 246 g/mol. The first-order valence-electron chi connectivity index (χ1n) is 7.23. The number of rotatable bonds is 2. The molecule has 0 aliphatic heterocycles. The van der Waals surface area contributed by atoms with Crippen LogP contribution < -0.4 is 11.5 Å². The number of hydrogen-bond donors (Lipinski definition) is 2. The molecular weight excluding hydrogens is 224 g/mol. The molecule has 4 bridgehead atoms. The zero-order chi connectivity index (χ0) is 12.3. The van der Waals surface area contributed by atoms with Crippen LogP contribution in [0.15, 0.2) is 6.07 Å². The molecule has 1 aromatic rings. The van der Waals surface area contributed by atoms with E-state index in [9.17, 15) is 0 Å². The second-order valence-corrected chi connectivity index (χ2v) is 6.82. The Kier molecular flexibility index (Phi) is 2.11. The minimum atomic E-state index is 0.251. The minimum Gasteiger partial charge on any atom is -0.382 e. The molecule has 0 amide bonds. The average molecular weight is 246 g/mol. The van der Waals surface area contributed by atoms with Crippen molar-refractivity contribution in [3.8, 4) is 0 Å². The van der Waals surface area contributed by atoms with Crippen LogP contribution in [0.2, 0.25) is 0 Å². The van der Waals surface area contributed by atoms with Crippen LogP contribution in [0, 0.1) is 17.8 Å². The number of anilines is 1. The Morgan fingerprint density at radius 3 is 2.22 bits per heavy atom. The van der Waals surface area contributed by atoms with Gasteiger partial charge >= 0.3 is 0 Å². The summed E-state index contributed by atoms with van der Waals surface area (Å²) in [5, 5.41) is 4.59. The summed E-state index contributed by atoms with van der Waals surface area (Å²) in [5.74, 6) is 3.40. The van der Waals surface area contributed by atoms with E-state index < -0.39 is 0 Å². The highest BCUT2D eigenvalue weighted by Crippen LogP contribution is 2.58. The van der Waals surface area contributed by atoms with Gasteiger partial charge in [-0.05, 0) is 56.3 Å². The zero-order valence-electron chi connectivity index (χ0n) is 10.8. The third-order valence-electron chi connectivity index (χ3n) is 5.47. The lowest BCUT2D eigenvalue weighted by Gasteiger charge is -2.56. The maximum Gasteiger partial charge on any atom is 0.145 e. The fourth-order valence-electron chi connectivity index (χ4n) is 5.32. The van der Waals surface area contributed by atoms with E-state index in [4.69, 9.17) is 11.5 Å². The van der Waals surface area contributed by atoms with Crippen molar-refractivity contribution in [1.29, 1.82) is 0 Å². The van der Waals surface area contributed by atoms with Gasteiger partial charge in [-0.3, -0.25) is 4.68 Å². The van der Waals surface area contributed by atoms with Crippen LogP contribution in [0.4, 0.5) is 5.82 Å². The summed E-state index contributed by atoms with van der Waals surface area (Å²) < 4.78 is 2.22. The van der Waals surface area contributed by atoms with Crippen molar-refractivity contribution in [3.05, 3.63) is 11.8 Å². The molecule has 0 radical (unpaired) electrons. The standard InChI is InChI=1S/C14H22N4/c15-8-12-4-13(16)17-18(12)14-5-9-1-10(6-14)3-11(2-9)7-14/h4,9-11H,1-3,5-8,15H2,(H2,16,17). The summed E-state index contributed by atoms with van der Waals surface area (Å²) in [6.45, 7) is 0.548. The summed E-state index contributed by atoms with van der Waals surface area (Å²) in [7, 11) is 0. The first kappa shape index (κ1) is 10.9. The molecule has 4 aliphatic rings. The van der Waals surface area contributed by atoms with Gasteiger partial charge in [-0.15, -0.1) is 0 Å². The van der Waals surface area contributed by atoms with Crippen LogP contribution in [0.1, 0.15) is 44.2 Å². The van der Waals surface area contributed by atoms with Crippen LogP contribution in [0.25, 0.3) is 0 Å². The smallest absolute Gasteiger partial charge is 0.145 e. The molecule has 0 atom stereocenters. The largest absolute Gasteiger partial charge is 0.382 e. The van der Waals surface area contributed by atoms with Crippen molar-refractivity contribution < 1.29 is 0 Å². The molecule has 4 heteroatoms. The molecule has 5 rings (SSSR count). The highest BCUT2D eigenvalue weighted by molar-refractivity contribution is 5.31. The fraction of sp³-hybridized carbons (Fsp3) is 0.786. The van der Waals surface area contributed by atoms with Crippen LogP contribution in [-0.2, 0) is 12.1 Å². The van der Waals surface area contributed by atoms with Crippen LogP contribution >= 0.6 is 0 Å². The van der Waals surface area contributed by atoms with Gasteiger partial charge in [0.25, 0.3) is 0 Å². The molecule has 1 aromatic heterocycles. The summed E-state index contributed by atoms with van der Waals surface area (Å²) >= 11 is 0. The van der Waals surface area contributed by atoms with E-state index in [1.165, 1.54) is 38.5 Å². The normalized spacial score (nSPS) is 41.5. The molecule has 0 aromatic carbocycles. The zero-order valence-corrected chi connectivity index (χ0v) is 10.8. The van der Waals surface area contributed by atoms with E-state index in [0.717, 1.165) is 23.4 Å². The van der Waals surface area contributed by atoms with E-state index in [0.29, 0.717) is 12.4 Å². The Morgan fingerprint density at radius 1 is 1.17 bits per heavy atom. The van der Waals surface area contributed by atoms with Gasteiger partial charge < -0.3 is 11.5 Å². The van der Waals surface area contributed by atoms with Gasteiger partial charge in [-0.2, -0.15) is 5.10 Å². The second kappa shape index (κ2) is 3.50. The predicted molar refractivity (Wildman–Crippen MR) is 70.7 cm³/mol. The predicted octanol–water partition coefficient (Wildman–Crippen LogP) is 1.85. The lowest BCUT2D eigenvalue weighted by atomic mass is 9.53. The molecule has 0 unspecified atom stereocenters. The van der Waals surface area contributed by atoms with Crippen molar-refractivity contribution in [2.45, 2.75) is 50.6 Å². The summed E-state index contributed by atoms with van der Waals surface area (Å²) in [5.41, 5.74) is 13.1. The lowest BCUT2D eigenvalue weighted by Crippen LogP contribution is -2.52. The Morgan fingerprint density at radius 2 is 1.72 bits per heavy atom. The van der Waals surface area contributed by atoms with Crippen LogP contribution in [0.5, 0.6) is 0 Å². The number of hydrogen-bond acceptors (Lipinski definition) is 3. The van der Waals surface area contributed by atoms with E-state index in [-0.39, 0.29) is 5.54 Å². The molecule has 4 fully saturated rings. The molecule has 4 N–H and O–H groups in total. The van der Waals surface area contributed by atoms with Crippen molar-refractivity contribution in [3.63, 3.8) is 0 Å². The SMILES string of the molecule is NCc1cc(N)nn1C12CC3CC(CC(C3)C1)C2. The van der Waals surface area contributed by atoms with Gasteiger partial charge in [0.15, 0.2) is 0 Å². The maximum atomic E-state index is 5.89. The number of nitrogen functional groups attached to an aromatic ring is 1. The van der Waals surface area contributed by atoms with Crippen LogP contribution in [0.3, 0.4) is 0 Å². The Bertz CT molecular complexity index is 441. The topological polar surface area (TPSA) is 69.9 Å². The Labute approximate surface area is 108 Å². The number of nitrogens with two attached hydrogens (primary N) is 2. The van der Waals surface area contributed by atoms with Gasteiger partial charge in [0, 0.05) is 12.6 Å². The van der Waals surface area contributed by atoms with Crippen molar-refractivity contribution in [2.75, 3.05) is 5.73 Å². The molecular formula is C14H22N4. The highest BCUT2D eigenvalue weighted by atomic mass is 15.4. The van der Waals surface area contributed by atoms with Gasteiger partial charge in [-0.1, -0.05) is 0 Å². The number of nitrogens with zero attached hydrogens (tertiary/aromatic N) is 2. The Hall–Kier alpha value is -1.03. The molecule has 0 spiro atoms. The van der Waals surface area contributed by atoms with E-state index >= 15 is 0 Å². The third-order valence-corrected chi connectivity index (χ3v) is 5.47. The van der Waals surface area contributed by atoms with Gasteiger partial charge in [0.05, 0.1) is 11.2 Å². The molecule has 4 saturated carbocycles. The van der Waals surface area contributed by atoms with E-state index in [1.807, 2.05) is 6.07 Å². The fourth-order valence-corrected chi connectivity index (χ4v) is 5.32. The summed E-state index contributed by atoms with van der Waals surface area (Å²) in [6, 6.07) is 1.96. The summed E-state index contributed by atoms with van der Waals surface area (Å²) in [6.07, 6.45) is 8.25. The molecule has 4 aliphatic carbocycles. The lowest BCUT2D eigenvalue weighted by molar-refractivity contribution is -0.0506. The second-order valence-electron chi connectivity index (χ2n) is 6.82. The minimum absolute atomic E-state index is 0.251. The first-order valence-corrected chi connectivity index (χ1v) is 7.23. The van der Waals surface area contributed by atoms with Crippen LogP contribution in [-0.4, -0.2) is 9.78 Å². The molecule has 0 saturated heterocycles. The number of aromatic nitrogens is 2. The molecule has 18 heavy (non-hydrogen) atoms.